The van der Waals surface area contributed by atoms with Crippen molar-refractivity contribution in [1.82, 2.24) is 10.9 Å². The maximum absolute atomic E-state index is 12.4. The lowest BCUT2D eigenvalue weighted by Gasteiger charge is -2.07. The lowest BCUT2D eigenvalue weighted by Crippen LogP contribution is -2.18. The highest BCUT2D eigenvalue weighted by atomic mass is 16.5. The van der Waals surface area contributed by atoms with Gasteiger partial charge in [-0.15, -0.1) is 0 Å². The van der Waals surface area contributed by atoms with Gasteiger partial charge >= 0.3 is 0 Å². The molecule has 3 aromatic rings. The molecule has 212 valence electrons. The molecule has 0 saturated carbocycles. The zero-order valence-electron chi connectivity index (χ0n) is 24.1. The van der Waals surface area contributed by atoms with Gasteiger partial charge in [0.2, 0.25) is 5.91 Å². The molecule has 0 bridgehead atoms. The zero-order chi connectivity index (χ0) is 29.3. The van der Waals surface area contributed by atoms with Gasteiger partial charge in [-0.3, -0.25) is 9.59 Å². The third kappa shape index (κ3) is 10.2. The molecular formula is C31H39N5O4. The van der Waals surface area contributed by atoms with Crippen molar-refractivity contribution < 1.29 is 19.1 Å². The number of ether oxygens (including phenoxy) is 2. The predicted molar refractivity (Wildman–Crippen MR) is 162 cm³/mol. The molecular weight excluding hydrogens is 506 g/mol. The van der Waals surface area contributed by atoms with Crippen molar-refractivity contribution in [3.8, 4) is 11.5 Å². The molecule has 9 heteroatoms. The Kier molecular flexibility index (Phi) is 13.4. The summed E-state index contributed by atoms with van der Waals surface area (Å²) >= 11 is 0. The minimum atomic E-state index is -0.312. The molecule has 0 aliphatic heterocycles. The van der Waals surface area contributed by atoms with Crippen LogP contribution in [0.15, 0.2) is 70.9 Å². The van der Waals surface area contributed by atoms with Crippen molar-refractivity contribution in [3.05, 3.63) is 88.5 Å². The molecule has 0 aliphatic carbocycles. The highest BCUT2D eigenvalue weighted by Gasteiger charge is 2.05. The molecule has 0 spiro atoms. The molecule has 0 atom stereocenters. The van der Waals surface area contributed by atoms with E-state index in [0.717, 1.165) is 39.4 Å². The van der Waals surface area contributed by atoms with Crippen LogP contribution in [0.3, 0.4) is 0 Å². The average Bonchev–Trinajstić information content (AvgIpc) is 2.98. The molecule has 3 N–H and O–H groups in total. The van der Waals surface area contributed by atoms with E-state index in [9.17, 15) is 9.59 Å². The van der Waals surface area contributed by atoms with Gasteiger partial charge in [0, 0.05) is 24.2 Å². The molecule has 40 heavy (non-hydrogen) atoms. The van der Waals surface area contributed by atoms with Gasteiger partial charge in [0.15, 0.2) is 0 Å². The van der Waals surface area contributed by atoms with Crippen molar-refractivity contribution in [2.45, 2.75) is 40.5 Å². The summed E-state index contributed by atoms with van der Waals surface area (Å²) in [4.78, 5) is 24.4. The zero-order valence-corrected chi connectivity index (χ0v) is 24.1. The number of amides is 2. The largest absolute Gasteiger partial charge is 0.496 e. The number of benzene rings is 3. The minimum absolute atomic E-state index is 0.168. The molecule has 0 fully saturated rings. The molecule has 0 aliphatic rings. The Balaban J connectivity index is 0.00000274. The number of rotatable bonds is 12. The summed E-state index contributed by atoms with van der Waals surface area (Å²) in [6.07, 6.45) is 4.10. The number of aryl methyl sites for hydroxylation is 2. The molecule has 3 rings (SSSR count). The molecule has 9 nitrogen and oxygen atoms in total. The first-order valence-electron chi connectivity index (χ1n) is 13.2. The fraction of sp³-hybridized carbons (Fsp3) is 0.290. The first-order chi connectivity index (χ1) is 19.4. The topological polar surface area (TPSA) is 113 Å². The SMILES string of the molecule is CC.COc1cc(/C=N/NC(=O)CCCNc2ccc(C(=O)N/N=C/c3ccc(C)c(OC)c3)cc2)ccc1C. The first kappa shape index (κ1) is 31.6. The Morgan fingerprint density at radius 2 is 1.30 bits per heavy atom. The Labute approximate surface area is 236 Å². The van der Waals surface area contributed by atoms with Crippen LogP contribution in [0.5, 0.6) is 11.5 Å². The summed E-state index contributed by atoms with van der Waals surface area (Å²) in [6, 6.07) is 18.4. The fourth-order valence-electron chi connectivity index (χ4n) is 3.52. The van der Waals surface area contributed by atoms with Gasteiger partial charge in [0.05, 0.1) is 26.6 Å². The fourth-order valence-corrected chi connectivity index (χ4v) is 3.52. The van der Waals surface area contributed by atoms with Crippen LogP contribution in [0.2, 0.25) is 0 Å². The van der Waals surface area contributed by atoms with Crippen LogP contribution >= 0.6 is 0 Å². The molecule has 2 amide bonds. The van der Waals surface area contributed by atoms with Crippen LogP contribution in [0.1, 0.15) is 59.3 Å². The number of hydrazone groups is 2. The number of carbonyl (C=O) groups excluding carboxylic acids is 2. The molecule has 0 heterocycles. The standard InChI is InChI=1S/C29H33N5O4.C2H6/c1-20-7-9-22(16-26(20)37-3)18-31-33-28(35)6-5-15-30-25-13-11-24(12-14-25)29(36)34-32-19-23-10-8-21(2)27(17-23)38-4;1-2/h7-14,16-19,30H,5-6,15H2,1-4H3,(H,33,35)(H,34,36);1-2H3/b31-18+,32-19+;. The van der Waals surface area contributed by atoms with Gasteiger partial charge in [-0.05, 0) is 78.9 Å². The number of nitrogens with zero attached hydrogens (tertiary/aromatic N) is 2. The van der Waals surface area contributed by atoms with Crippen LogP contribution in [0, 0.1) is 13.8 Å². The molecule has 0 radical (unpaired) electrons. The average molecular weight is 546 g/mol. The Morgan fingerprint density at radius 1 is 0.775 bits per heavy atom. The molecule has 3 aromatic carbocycles. The van der Waals surface area contributed by atoms with Crippen molar-refractivity contribution in [2.75, 3.05) is 26.1 Å². The first-order valence-corrected chi connectivity index (χ1v) is 13.2. The highest BCUT2D eigenvalue weighted by molar-refractivity contribution is 5.95. The minimum Gasteiger partial charge on any atom is -0.496 e. The third-order valence-corrected chi connectivity index (χ3v) is 5.70. The van der Waals surface area contributed by atoms with Crippen LogP contribution in [0.25, 0.3) is 0 Å². The van der Waals surface area contributed by atoms with Crippen LogP contribution in [0.4, 0.5) is 5.69 Å². The van der Waals surface area contributed by atoms with Gasteiger partial charge in [0.1, 0.15) is 11.5 Å². The van der Waals surface area contributed by atoms with Gasteiger partial charge in [-0.25, -0.2) is 10.9 Å². The van der Waals surface area contributed by atoms with Crippen LogP contribution in [-0.4, -0.2) is 45.0 Å². The molecule has 0 saturated heterocycles. The third-order valence-electron chi connectivity index (χ3n) is 5.70. The summed E-state index contributed by atoms with van der Waals surface area (Å²) in [6.45, 7) is 8.52. The van der Waals surface area contributed by atoms with Crippen molar-refractivity contribution >= 4 is 29.9 Å². The van der Waals surface area contributed by atoms with E-state index >= 15 is 0 Å². The number of methoxy groups -OCH3 is 2. The lowest BCUT2D eigenvalue weighted by molar-refractivity contribution is -0.121. The lowest BCUT2D eigenvalue weighted by atomic mass is 10.1. The van der Waals surface area contributed by atoms with E-state index in [-0.39, 0.29) is 11.8 Å². The molecule has 0 aromatic heterocycles. The monoisotopic (exact) mass is 545 g/mol. The number of anilines is 1. The van der Waals surface area contributed by atoms with Gasteiger partial charge in [-0.1, -0.05) is 38.1 Å². The van der Waals surface area contributed by atoms with Gasteiger partial charge < -0.3 is 14.8 Å². The maximum Gasteiger partial charge on any atom is 0.271 e. The van der Waals surface area contributed by atoms with E-state index in [2.05, 4.69) is 26.4 Å². The second-order valence-corrected chi connectivity index (χ2v) is 8.56. The van der Waals surface area contributed by atoms with Gasteiger partial charge in [-0.2, -0.15) is 10.2 Å². The Hall–Kier alpha value is -4.66. The second kappa shape index (κ2) is 17.0. The normalized spacial score (nSPS) is 10.6. The van der Waals surface area contributed by atoms with Crippen LogP contribution < -0.4 is 25.6 Å². The van der Waals surface area contributed by atoms with Crippen molar-refractivity contribution in [2.24, 2.45) is 10.2 Å². The smallest absolute Gasteiger partial charge is 0.271 e. The summed E-state index contributed by atoms with van der Waals surface area (Å²) in [5.41, 5.74) is 10.1. The maximum atomic E-state index is 12.4. The number of hydrogen-bond donors (Lipinski definition) is 3. The van der Waals surface area contributed by atoms with Crippen molar-refractivity contribution in [3.63, 3.8) is 0 Å². The predicted octanol–water partition coefficient (Wildman–Crippen LogP) is 5.45. The van der Waals surface area contributed by atoms with Gasteiger partial charge in [0.25, 0.3) is 5.91 Å². The van der Waals surface area contributed by atoms with E-state index in [1.807, 2.05) is 76.2 Å². The summed E-state index contributed by atoms with van der Waals surface area (Å²) in [7, 11) is 3.23. The summed E-state index contributed by atoms with van der Waals surface area (Å²) in [5, 5.41) is 11.3. The highest BCUT2D eigenvalue weighted by Crippen LogP contribution is 2.18. The Bertz CT molecular complexity index is 1300. The van der Waals surface area contributed by atoms with E-state index < -0.39 is 0 Å². The quantitative estimate of drug-likeness (QED) is 0.159. The van der Waals surface area contributed by atoms with E-state index in [4.69, 9.17) is 9.47 Å². The number of nitrogens with one attached hydrogen (secondary N) is 3. The van der Waals surface area contributed by atoms with E-state index in [0.29, 0.717) is 24.9 Å². The second-order valence-electron chi connectivity index (χ2n) is 8.56. The molecule has 0 unspecified atom stereocenters. The van der Waals surface area contributed by atoms with E-state index in [1.54, 1.807) is 38.8 Å². The summed E-state index contributed by atoms with van der Waals surface area (Å²) < 4.78 is 10.6. The summed E-state index contributed by atoms with van der Waals surface area (Å²) in [5.74, 6) is 1.05. The van der Waals surface area contributed by atoms with E-state index in [1.165, 1.54) is 0 Å². The van der Waals surface area contributed by atoms with Crippen molar-refractivity contribution in [1.29, 1.82) is 0 Å². The number of carbonyl (C=O) groups is 2. The van der Waals surface area contributed by atoms with Crippen LogP contribution in [-0.2, 0) is 4.79 Å². The number of hydrogen-bond acceptors (Lipinski definition) is 7. The Morgan fingerprint density at radius 3 is 1.82 bits per heavy atom.